The van der Waals surface area contributed by atoms with Crippen molar-refractivity contribution in [2.75, 3.05) is 45.9 Å². The highest BCUT2D eigenvalue weighted by atomic mass is 16.6. The van der Waals surface area contributed by atoms with Gasteiger partial charge in [0.15, 0.2) is 0 Å². The van der Waals surface area contributed by atoms with Gasteiger partial charge in [-0.05, 0) is 6.42 Å². The first-order chi connectivity index (χ1) is 9.20. The zero-order valence-corrected chi connectivity index (χ0v) is 10.9. The lowest BCUT2D eigenvalue weighted by molar-refractivity contribution is -0.135. The molecule has 0 atom stereocenters. The molecule has 7 heteroatoms. The third-order valence-corrected chi connectivity index (χ3v) is 3.47. The van der Waals surface area contributed by atoms with Crippen molar-refractivity contribution in [1.82, 2.24) is 14.7 Å². The molecule has 0 saturated carbocycles. The number of cyclic esters (lactones) is 1. The summed E-state index contributed by atoms with van der Waals surface area (Å²) in [5.41, 5.74) is 0. The molecule has 0 bridgehead atoms. The maximum absolute atomic E-state index is 12.0. The summed E-state index contributed by atoms with van der Waals surface area (Å²) in [5, 5.41) is 0. The van der Waals surface area contributed by atoms with Crippen molar-refractivity contribution in [2.45, 2.75) is 12.8 Å². The highest BCUT2D eigenvalue weighted by Crippen LogP contribution is 2.07. The van der Waals surface area contributed by atoms with Crippen LogP contribution in [0.4, 0.5) is 4.79 Å². The van der Waals surface area contributed by atoms with Gasteiger partial charge in [0.2, 0.25) is 12.3 Å². The molecule has 0 spiro atoms. The Balaban J connectivity index is 1.72. The average molecular weight is 269 g/mol. The van der Waals surface area contributed by atoms with Crippen LogP contribution in [0.2, 0.25) is 0 Å². The lowest BCUT2D eigenvalue weighted by Gasteiger charge is -2.33. The van der Waals surface area contributed by atoms with E-state index in [1.807, 2.05) is 0 Å². The van der Waals surface area contributed by atoms with E-state index in [0.717, 1.165) is 12.8 Å². The molecule has 0 unspecified atom stereocenters. The van der Waals surface area contributed by atoms with Crippen molar-refractivity contribution in [3.05, 3.63) is 0 Å². The van der Waals surface area contributed by atoms with E-state index in [-0.39, 0.29) is 12.0 Å². The lowest BCUT2D eigenvalue weighted by atomic mass is 10.2. The zero-order valence-electron chi connectivity index (χ0n) is 10.9. The zero-order chi connectivity index (χ0) is 13.7. The molecule has 0 aromatic rings. The van der Waals surface area contributed by atoms with Crippen LogP contribution >= 0.6 is 0 Å². The molecule has 0 aromatic carbocycles. The summed E-state index contributed by atoms with van der Waals surface area (Å²) in [7, 11) is 0. The molecule has 2 heterocycles. The van der Waals surface area contributed by atoms with Gasteiger partial charge in [-0.2, -0.15) is 0 Å². The van der Waals surface area contributed by atoms with E-state index in [0.29, 0.717) is 52.3 Å². The Morgan fingerprint density at radius 2 is 1.95 bits per heavy atom. The number of carbonyl (C=O) groups excluding carboxylic acids is 3. The molecule has 106 valence electrons. The van der Waals surface area contributed by atoms with Crippen LogP contribution in [0.1, 0.15) is 12.8 Å². The second-order valence-electron chi connectivity index (χ2n) is 4.73. The molecular formula is C12H19N3O4. The van der Waals surface area contributed by atoms with Crippen LogP contribution < -0.4 is 0 Å². The van der Waals surface area contributed by atoms with Crippen LogP contribution in [0.25, 0.3) is 0 Å². The molecule has 19 heavy (non-hydrogen) atoms. The molecule has 2 rings (SSSR count). The first-order valence-corrected chi connectivity index (χ1v) is 6.59. The highest BCUT2D eigenvalue weighted by Gasteiger charge is 2.23. The largest absolute Gasteiger partial charge is 0.449 e. The summed E-state index contributed by atoms with van der Waals surface area (Å²) in [6, 6.07) is 0. The Hall–Kier alpha value is -1.79. The van der Waals surface area contributed by atoms with Gasteiger partial charge in [-0.3, -0.25) is 9.59 Å². The van der Waals surface area contributed by atoms with Gasteiger partial charge in [-0.15, -0.1) is 0 Å². The Morgan fingerprint density at radius 1 is 1.21 bits per heavy atom. The van der Waals surface area contributed by atoms with E-state index in [1.54, 1.807) is 14.7 Å². The number of amides is 3. The number of nitrogens with zero attached hydrogens (tertiary/aromatic N) is 3. The number of carbonyl (C=O) groups is 3. The van der Waals surface area contributed by atoms with Crippen LogP contribution in [0.5, 0.6) is 0 Å². The van der Waals surface area contributed by atoms with E-state index >= 15 is 0 Å². The quantitative estimate of drug-likeness (QED) is 0.646. The van der Waals surface area contributed by atoms with Gasteiger partial charge in [-0.25, -0.2) is 4.79 Å². The first kappa shape index (κ1) is 13.6. The molecular weight excluding hydrogens is 250 g/mol. The molecule has 0 aromatic heterocycles. The van der Waals surface area contributed by atoms with Crippen molar-refractivity contribution in [2.24, 2.45) is 0 Å². The molecule has 2 aliphatic heterocycles. The summed E-state index contributed by atoms with van der Waals surface area (Å²) in [6.45, 7) is 3.85. The van der Waals surface area contributed by atoms with Gasteiger partial charge in [-0.1, -0.05) is 0 Å². The molecule has 2 aliphatic rings. The summed E-state index contributed by atoms with van der Waals surface area (Å²) in [5.74, 6) is 0.0314. The van der Waals surface area contributed by atoms with Gasteiger partial charge in [0.1, 0.15) is 0 Å². The maximum atomic E-state index is 12.0. The molecule has 0 N–H and O–H groups in total. The third kappa shape index (κ3) is 3.59. The van der Waals surface area contributed by atoms with Gasteiger partial charge >= 0.3 is 6.09 Å². The summed E-state index contributed by atoms with van der Waals surface area (Å²) < 4.78 is 4.91. The minimum atomic E-state index is -0.329. The fourth-order valence-electron chi connectivity index (χ4n) is 2.27. The van der Waals surface area contributed by atoms with Crippen molar-refractivity contribution in [3.8, 4) is 0 Å². The van der Waals surface area contributed by atoms with Crippen LogP contribution in [-0.4, -0.2) is 79.0 Å². The van der Waals surface area contributed by atoms with Gasteiger partial charge in [0, 0.05) is 45.7 Å². The number of hydrogen-bond acceptors (Lipinski definition) is 4. The third-order valence-electron chi connectivity index (χ3n) is 3.47. The summed E-state index contributed by atoms with van der Waals surface area (Å²) in [4.78, 5) is 38.9. The predicted octanol–water partition coefficient (Wildman–Crippen LogP) is -0.481. The van der Waals surface area contributed by atoms with Crippen molar-refractivity contribution >= 4 is 18.4 Å². The maximum Gasteiger partial charge on any atom is 0.409 e. The molecule has 0 radical (unpaired) electrons. The Bertz CT molecular complexity index is 353. The Morgan fingerprint density at radius 3 is 2.58 bits per heavy atom. The molecule has 2 saturated heterocycles. The van der Waals surface area contributed by atoms with Gasteiger partial charge in [0.25, 0.3) is 0 Å². The van der Waals surface area contributed by atoms with E-state index in [2.05, 4.69) is 0 Å². The second-order valence-corrected chi connectivity index (χ2v) is 4.73. The number of hydrogen-bond donors (Lipinski definition) is 0. The van der Waals surface area contributed by atoms with Crippen molar-refractivity contribution in [1.29, 1.82) is 0 Å². The number of piperazine rings is 1. The van der Waals surface area contributed by atoms with Crippen LogP contribution in [0.3, 0.4) is 0 Å². The molecule has 7 nitrogen and oxygen atoms in total. The van der Waals surface area contributed by atoms with Crippen LogP contribution in [0, 0.1) is 0 Å². The first-order valence-electron chi connectivity index (χ1n) is 6.59. The fourth-order valence-corrected chi connectivity index (χ4v) is 2.27. The normalized spacial score (nSPS) is 20.2. The highest BCUT2D eigenvalue weighted by molar-refractivity contribution is 5.77. The number of rotatable bonds is 4. The predicted molar refractivity (Wildman–Crippen MR) is 66.4 cm³/mol. The smallest absolute Gasteiger partial charge is 0.409 e. The molecule has 2 fully saturated rings. The van der Waals surface area contributed by atoms with E-state index in [4.69, 9.17) is 4.74 Å². The average Bonchev–Trinajstić information content (AvgIpc) is 2.46. The van der Waals surface area contributed by atoms with Crippen LogP contribution in [-0.2, 0) is 14.3 Å². The monoisotopic (exact) mass is 269 g/mol. The van der Waals surface area contributed by atoms with E-state index in [1.165, 1.54) is 0 Å². The Kier molecular flexibility index (Phi) is 4.59. The van der Waals surface area contributed by atoms with Gasteiger partial charge in [0.05, 0.1) is 6.61 Å². The van der Waals surface area contributed by atoms with Crippen LogP contribution in [0.15, 0.2) is 0 Å². The Labute approximate surface area is 112 Å². The topological polar surface area (TPSA) is 70.2 Å². The van der Waals surface area contributed by atoms with Crippen molar-refractivity contribution in [3.63, 3.8) is 0 Å². The van der Waals surface area contributed by atoms with Gasteiger partial charge < -0.3 is 19.4 Å². The fraction of sp³-hybridized carbons (Fsp3) is 0.750. The molecule has 3 amide bonds. The molecule has 0 aliphatic carbocycles. The SMILES string of the molecule is O=CN1CCN(C(=O)CCN2CCCOC2=O)CC1. The van der Waals surface area contributed by atoms with E-state index in [9.17, 15) is 14.4 Å². The summed E-state index contributed by atoms with van der Waals surface area (Å²) >= 11 is 0. The minimum Gasteiger partial charge on any atom is -0.449 e. The standard InChI is InChI=1S/C12H19N3O4/c16-10-13-5-7-14(8-6-13)11(17)2-4-15-3-1-9-19-12(15)18/h10H,1-9H2. The minimum absolute atomic E-state index is 0.0314. The lowest BCUT2D eigenvalue weighted by Crippen LogP contribution is -2.49. The van der Waals surface area contributed by atoms with Crippen molar-refractivity contribution < 1.29 is 19.1 Å². The number of ether oxygens (including phenoxy) is 1. The van der Waals surface area contributed by atoms with E-state index < -0.39 is 0 Å². The summed E-state index contributed by atoms with van der Waals surface area (Å²) in [6.07, 6.45) is 1.62. The second kappa shape index (κ2) is 6.40.